The molecule has 2 unspecified atom stereocenters. The number of aliphatic hydroxyl groups excluding tert-OH is 1. The van der Waals surface area contributed by atoms with Crippen molar-refractivity contribution < 1.29 is 5.11 Å². The van der Waals surface area contributed by atoms with E-state index in [4.69, 9.17) is 4.98 Å². The fourth-order valence-electron chi connectivity index (χ4n) is 4.18. The SMILES string of the molecule is Cc1nc2ccc(Br)cc2c(N2CCCC(C(O)c3nccn3C)C2)c1C. The summed E-state index contributed by atoms with van der Waals surface area (Å²) in [6, 6.07) is 6.26. The van der Waals surface area contributed by atoms with Crippen LogP contribution in [0.1, 0.15) is 36.0 Å². The molecular formula is C21H25BrN4O. The highest BCUT2D eigenvalue weighted by atomic mass is 79.9. The molecule has 3 heterocycles. The molecule has 6 heteroatoms. The zero-order valence-corrected chi connectivity index (χ0v) is 17.6. The summed E-state index contributed by atoms with van der Waals surface area (Å²) in [4.78, 5) is 11.6. The fraction of sp³-hybridized carbons (Fsp3) is 0.429. The number of aliphatic hydroxyl groups is 1. The van der Waals surface area contributed by atoms with Crippen LogP contribution in [0.3, 0.4) is 0 Å². The molecule has 2 aromatic heterocycles. The first-order valence-electron chi connectivity index (χ1n) is 9.42. The molecule has 0 radical (unpaired) electrons. The molecule has 0 amide bonds. The lowest BCUT2D eigenvalue weighted by Gasteiger charge is -2.38. The topological polar surface area (TPSA) is 54.2 Å². The molecule has 5 nitrogen and oxygen atoms in total. The Balaban J connectivity index is 1.72. The van der Waals surface area contributed by atoms with Crippen molar-refractivity contribution in [2.45, 2.75) is 32.8 Å². The summed E-state index contributed by atoms with van der Waals surface area (Å²) in [7, 11) is 1.94. The smallest absolute Gasteiger partial charge is 0.137 e. The van der Waals surface area contributed by atoms with E-state index in [9.17, 15) is 5.11 Å². The number of pyridine rings is 1. The molecule has 1 saturated heterocycles. The average Bonchev–Trinajstić information content (AvgIpc) is 3.08. The van der Waals surface area contributed by atoms with E-state index < -0.39 is 6.10 Å². The predicted molar refractivity (Wildman–Crippen MR) is 112 cm³/mol. The van der Waals surface area contributed by atoms with Crippen molar-refractivity contribution in [3.8, 4) is 0 Å². The molecule has 27 heavy (non-hydrogen) atoms. The third-order valence-corrected chi connectivity index (χ3v) is 6.24. The van der Waals surface area contributed by atoms with Gasteiger partial charge in [0.05, 0.1) is 11.2 Å². The lowest BCUT2D eigenvalue weighted by Crippen LogP contribution is -2.39. The van der Waals surface area contributed by atoms with E-state index >= 15 is 0 Å². The van der Waals surface area contributed by atoms with Gasteiger partial charge in [0, 0.05) is 54.0 Å². The summed E-state index contributed by atoms with van der Waals surface area (Å²) in [5, 5.41) is 12.1. The van der Waals surface area contributed by atoms with E-state index in [1.807, 2.05) is 23.9 Å². The number of rotatable bonds is 3. The Morgan fingerprint density at radius 2 is 2.11 bits per heavy atom. The van der Waals surface area contributed by atoms with Crippen LogP contribution in [0.25, 0.3) is 10.9 Å². The minimum absolute atomic E-state index is 0.162. The van der Waals surface area contributed by atoms with Crippen molar-refractivity contribution >= 4 is 32.5 Å². The van der Waals surface area contributed by atoms with Crippen molar-refractivity contribution in [2.75, 3.05) is 18.0 Å². The molecule has 1 fully saturated rings. The van der Waals surface area contributed by atoms with E-state index in [2.05, 4.69) is 51.8 Å². The Hall–Kier alpha value is -1.92. The largest absolute Gasteiger partial charge is 0.385 e. The van der Waals surface area contributed by atoms with Crippen molar-refractivity contribution in [3.63, 3.8) is 0 Å². The van der Waals surface area contributed by atoms with Crippen molar-refractivity contribution in [3.05, 3.63) is 52.1 Å². The van der Waals surface area contributed by atoms with Gasteiger partial charge in [0.15, 0.2) is 0 Å². The number of nitrogens with zero attached hydrogens (tertiary/aromatic N) is 4. The van der Waals surface area contributed by atoms with E-state index in [0.29, 0.717) is 0 Å². The zero-order chi connectivity index (χ0) is 19.1. The van der Waals surface area contributed by atoms with E-state index in [-0.39, 0.29) is 5.92 Å². The molecule has 1 aromatic carbocycles. The first-order valence-corrected chi connectivity index (χ1v) is 10.2. The van der Waals surface area contributed by atoms with Gasteiger partial charge in [-0.2, -0.15) is 0 Å². The monoisotopic (exact) mass is 428 g/mol. The molecule has 0 spiro atoms. The summed E-state index contributed by atoms with van der Waals surface area (Å²) in [5.74, 6) is 0.909. The van der Waals surface area contributed by atoms with Crippen LogP contribution in [0, 0.1) is 19.8 Å². The normalized spacial score (nSPS) is 18.9. The first-order chi connectivity index (χ1) is 13.0. The number of halogens is 1. The van der Waals surface area contributed by atoms with Gasteiger partial charge < -0.3 is 14.6 Å². The van der Waals surface area contributed by atoms with Crippen LogP contribution in [-0.2, 0) is 7.05 Å². The van der Waals surface area contributed by atoms with E-state index in [0.717, 1.165) is 47.4 Å². The van der Waals surface area contributed by atoms with Crippen LogP contribution in [0.4, 0.5) is 5.69 Å². The van der Waals surface area contributed by atoms with Crippen LogP contribution in [0.15, 0.2) is 35.1 Å². The molecule has 0 saturated carbocycles. The van der Waals surface area contributed by atoms with Crippen LogP contribution < -0.4 is 4.90 Å². The molecule has 142 valence electrons. The number of fused-ring (bicyclic) bond motifs is 1. The maximum Gasteiger partial charge on any atom is 0.137 e. The van der Waals surface area contributed by atoms with Gasteiger partial charge in [-0.25, -0.2) is 4.98 Å². The molecule has 4 rings (SSSR count). The van der Waals surface area contributed by atoms with Gasteiger partial charge in [-0.1, -0.05) is 15.9 Å². The van der Waals surface area contributed by atoms with Gasteiger partial charge in [0.25, 0.3) is 0 Å². The standard InChI is InChI=1S/C21H25BrN4O/c1-13-14(2)24-18-7-6-16(22)11-17(18)19(13)26-9-4-5-15(12-26)20(27)21-23-8-10-25(21)3/h6-8,10-11,15,20,27H,4-5,9,12H2,1-3H3. The second-order valence-electron chi connectivity index (χ2n) is 7.52. The molecule has 3 aromatic rings. The van der Waals surface area contributed by atoms with Gasteiger partial charge in [-0.3, -0.25) is 4.98 Å². The van der Waals surface area contributed by atoms with Crippen molar-refractivity contribution in [2.24, 2.45) is 13.0 Å². The third-order valence-electron chi connectivity index (χ3n) is 5.74. The maximum absolute atomic E-state index is 10.9. The number of hydrogen-bond acceptors (Lipinski definition) is 4. The predicted octanol–water partition coefficient (Wildman–Crippen LogP) is 4.30. The highest BCUT2D eigenvalue weighted by molar-refractivity contribution is 9.10. The average molecular weight is 429 g/mol. The van der Waals surface area contributed by atoms with Crippen molar-refractivity contribution in [1.82, 2.24) is 14.5 Å². The molecule has 1 N–H and O–H groups in total. The number of piperidine rings is 1. The molecule has 2 atom stereocenters. The van der Waals surface area contributed by atoms with Gasteiger partial charge in [0.1, 0.15) is 11.9 Å². The van der Waals surface area contributed by atoms with Gasteiger partial charge in [0.2, 0.25) is 0 Å². The van der Waals surface area contributed by atoms with Crippen LogP contribution in [0.5, 0.6) is 0 Å². The molecule has 0 aliphatic carbocycles. The second kappa shape index (κ2) is 7.24. The van der Waals surface area contributed by atoms with Gasteiger partial charge in [-0.15, -0.1) is 0 Å². The number of aryl methyl sites for hydroxylation is 2. The summed E-state index contributed by atoms with van der Waals surface area (Å²) < 4.78 is 2.97. The Kier molecular flexibility index (Phi) is 4.95. The molecule has 0 bridgehead atoms. The Bertz CT molecular complexity index is 984. The van der Waals surface area contributed by atoms with Crippen molar-refractivity contribution in [1.29, 1.82) is 0 Å². The quantitative estimate of drug-likeness (QED) is 0.675. The Morgan fingerprint density at radius 1 is 1.30 bits per heavy atom. The van der Waals surface area contributed by atoms with Crippen LogP contribution in [0.2, 0.25) is 0 Å². The second-order valence-corrected chi connectivity index (χ2v) is 8.44. The van der Waals surface area contributed by atoms with E-state index in [1.165, 1.54) is 16.6 Å². The summed E-state index contributed by atoms with van der Waals surface area (Å²) >= 11 is 3.61. The number of benzene rings is 1. The zero-order valence-electron chi connectivity index (χ0n) is 16.0. The van der Waals surface area contributed by atoms with Crippen LogP contribution >= 0.6 is 15.9 Å². The van der Waals surface area contributed by atoms with Gasteiger partial charge in [-0.05, 0) is 50.5 Å². The third kappa shape index (κ3) is 3.36. The summed E-state index contributed by atoms with van der Waals surface area (Å²) in [6.45, 7) is 6.04. The number of anilines is 1. The van der Waals surface area contributed by atoms with Crippen LogP contribution in [-0.4, -0.2) is 32.7 Å². The highest BCUT2D eigenvalue weighted by Crippen LogP contribution is 2.37. The fourth-order valence-corrected chi connectivity index (χ4v) is 4.55. The minimum Gasteiger partial charge on any atom is -0.385 e. The Morgan fingerprint density at radius 3 is 2.85 bits per heavy atom. The van der Waals surface area contributed by atoms with E-state index in [1.54, 1.807) is 6.20 Å². The minimum atomic E-state index is -0.547. The number of imidazole rings is 1. The molecular weight excluding hydrogens is 404 g/mol. The highest BCUT2D eigenvalue weighted by Gasteiger charge is 2.30. The van der Waals surface area contributed by atoms with Gasteiger partial charge >= 0.3 is 0 Å². The summed E-state index contributed by atoms with van der Waals surface area (Å²) in [5.41, 5.74) is 4.54. The lowest BCUT2D eigenvalue weighted by atomic mass is 9.90. The lowest BCUT2D eigenvalue weighted by molar-refractivity contribution is 0.0875. The molecule has 1 aliphatic rings. The Labute approximate surface area is 168 Å². The maximum atomic E-state index is 10.9. The summed E-state index contributed by atoms with van der Waals surface area (Å²) in [6.07, 6.45) is 5.16. The molecule has 1 aliphatic heterocycles. The first kappa shape index (κ1) is 18.4. The number of hydrogen-bond donors (Lipinski definition) is 1. The number of aromatic nitrogens is 3.